The summed E-state index contributed by atoms with van der Waals surface area (Å²) in [6.45, 7) is 5.15. The Hall–Kier alpha value is -3.67. The highest BCUT2D eigenvalue weighted by molar-refractivity contribution is 6.04. The molecule has 0 heterocycles. The van der Waals surface area contributed by atoms with Crippen molar-refractivity contribution in [2.24, 2.45) is 0 Å². The molecule has 0 spiro atoms. The van der Waals surface area contributed by atoms with E-state index in [1.54, 1.807) is 6.07 Å². The van der Waals surface area contributed by atoms with Crippen molar-refractivity contribution in [1.29, 1.82) is 0 Å². The predicted octanol–water partition coefficient (Wildman–Crippen LogP) is 6.08. The van der Waals surface area contributed by atoms with Crippen molar-refractivity contribution < 1.29 is 14.0 Å². The van der Waals surface area contributed by atoms with Crippen molar-refractivity contribution in [2.45, 2.75) is 39.2 Å². The lowest BCUT2D eigenvalue weighted by Gasteiger charge is -2.29. The van der Waals surface area contributed by atoms with Crippen LogP contribution in [-0.2, 0) is 11.3 Å². The molecular weight excluding hydrogens is 441 g/mol. The third-order valence-electron chi connectivity index (χ3n) is 5.98. The molecule has 0 aromatic heterocycles. The van der Waals surface area contributed by atoms with Crippen LogP contribution >= 0.6 is 0 Å². The van der Waals surface area contributed by atoms with Gasteiger partial charge in [0, 0.05) is 44.1 Å². The zero-order valence-corrected chi connectivity index (χ0v) is 20.9. The van der Waals surface area contributed by atoms with E-state index >= 15 is 0 Å². The minimum absolute atomic E-state index is 0.0967. The molecular formula is C29H34FN3O2. The molecule has 3 aromatic carbocycles. The zero-order chi connectivity index (χ0) is 25.4. The second kappa shape index (κ2) is 12.2. The van der Waals surface area contributed by atoms with Gasteiger partial charge in [-0.15, -0.1) is 0 Å². The maximum atomic E-state index is 13.6. The summed E-state index contributed by atoms with van der Waals surface area (Å²) >= 11 is 0. The van der Waals surface area contributed by atoms with Crippen LogP contribution in [-0.4, -0.2) is 37.4 Å². The maximum absolute atomic E-state index is 13.6. The van der Waals surface area contributed by atoms with Crippen LogP contribution in [0.1, 0.15) is 54.1 Å². The Kier molecular flexibility index (Phi) is 9.01. The Morgan fingerprint density at radius 3 is 2.31 bits per heavy atom. The molecule has 6 heteroatoms. The summed E-state index contributed by atoms with van der Waals surface area (Å²) in [5.74, 6) is -0.954. The largest absolute Gasteiger partial charge is 0.377 e. The fourth-order valence-corrected chi connectivity index (χ4v) is 4.26. The van der Waals surface area contributed by atoms with Gasteiger partial charge in [-0.2, -0.15) is 0 Å². The molecule has 0 aliphatic carbocycles. The van der Waals surface area contributed by atoms with Crippen molar-refractivity contribution in [3.05, 3.63) is 95.3 Å². The number of benzene rings is 3. The SMILES string of the molecule is CCCN(Cc1cc(NC(=O)c2cccc(F)c2)ccc1N(C)C)C(=O)C(CC)c1ccccc1. The van der Waals surface area contributed by atoms with E-state index in [0.717, 1.165) is 23.2 Å². The number of carbonyl (C=O) groups excluding carboxylic acids is 2. The van der Waals surface area contributed by atoms with E-state index in [2.05, 4.69) is 12.2 Å². The summed E-state index contributed by atoms with van der Waals surface area (Å²) in [6, 6.07) is 21.1. The van der Waals surface area contributed by atoms with Gasteiger partial charge in [-0.1, -0.05) is 50.2 Å². The Morgan fingerprint density at radius 1 is 0.943 bits per heavy atom. The van der Waals surface area contributed by atoms with Crippen LogP contribution in [0.3, 0.4) is 0 Å². The molecule has 2 amide bonds. The maximum Gasteiger partial charge on any atom is 0.255 e. The Bertz CT molecular complexity index is 1150. The van der Waals surface area contributed by atoms with Crippen LogP contribution < -0.4 is 10.2 Å². The third kappa shape index (κ3) is 6.69. The number of nitrogens with one attached hydrogen (secondary N) is 1. The zero-order valence-electron chi connectivity index (χ0n) is 20.9. The van der Waals surface area contributed by atoms with Crippen molar-refractivity contribution in [2.75, 3.05) is 30.9 Å². The molecule has 0 fully saturated rings. The van der Waals surface area contributed by atoms with Crippen LogP contribution in [0, 0.1) is 5.82 Å². The van der Waals surface area contributed by atoms with E-state index in [9.17, 15) is 14.0 Å². The first-order chi connectivity index (χ1) is 16.8. The summed E-state index contributed by atoms with van der Waals surface area (Å²) < 4.78 is 13.6. The normalized spacial score (nSPS) is 11.6. The van der Waals surface area contributed by atoms with E-state index < -0.39 is 5.82 Å². The fourth-order valence-electron chi connectivity index (χ4n) is 4.26. The number of anilines is 2. The molecule has 1 unspecified atom stereocenters. The van der Waals surface area contributed by atoms with Crippen LogP contribution in [0.15, 0.2) is 72.8 Å². The third-order valence-corrected chi connectivity index (χ3v) is 5.98. The molecule has 0 bridgehead atoms. The van der Waals surface area contributed by atoms with Gasteiger partial charge in [0.05, 0.1) is 5.92 Å². The number of amides is 2. The van der Waals surface area contributed by atoms with Gasteiger partial charge >= 0.3 is 0 Å². The Balaban J connectivity index is 1.88. The van der Waals surface area contributed by atoms with E-state index in [1.165, 1.54) is 18.2 Å². The van der Waals surface area contributed by atoms with Crippen LogP contribution in [0.25, 0.3) is 0 Å². The Labute approximate surface area is 207 Å². The molecule has 0 aliphatic heterocycles. The summed E-state index contributed by atoms with van der Waals surface area (Å²) in [5, 5.41) is 2.86. The van der Waals surface area contributed by atoms with E-state index in [0.29, 0.717) is 25.2 Å². The molecule has 0 aliphatic rings. The standard InChI is InChI=1S/C29H34FN3O2/c1-5-17-33(29(35)26(6-2)21-11-8-7-9-12-21)20-23-19-25(15-16-27(23)32(3)4)31-28(34)22-13-10-14-24(30)18-22/h7-16,18-19,26H,5-6,17,20H2,1-4H3,(H,31,34). The van der Waals surface area contributed by atoms with E-state index in [4.69, 9.17) is 0 Å². The lowest BCUT2D eigenvalue weighted by Crippen LogP contribution is -2.35. The number of hydrogen-bond donors (Lipinski definition) is 1. The highest BCUT2D eigenvalue weighted by Crippen LogP contribution is 2.28. The van der Waals surface area contributed by atoms with Crippen molar-refractivity contribution in [3.8, 4) is 0 Å². The summed E-state index contributed by atoms with van der Waals surface area (Å²) in [7, 11) is 3.91. The molecule has 1 atom stereocenters. The predicted molar refractivity (Wildman–Crippen MR) is 140 cm³/mol. The fraction of sp³-hybridized carbons (Fsp3) is 0.310. The van der Waals surface area contributed by atoms with Gasteiger partial charge in [-0.3, -0.25) is 9.59 Å². The van der Waals surface area contributed by atoms with Gasteiger partial charge in [-0.05, 0) is 60.4 Å². The number of carbonyl (C=O) groups is 2. The molecule has 35 heavy (non-hydrogen) atoms. The summed E-state index contributed by atoms with van der Waals surface area (Å²) in [4.78, 5) is 30.2. The van der Waals surface area contributed by atoms with Crippen LogP contribution in [0.2, 0.25) is 0 Å². The highest BCUT2D eigenvalue weighted by Gasteiger charge is 2.25. The average Bonchev–Trinajstić information content (AvgIpc) is 2.85. The summed E-state index contributed by atoms with van der Waals surface area (Å²) in [6.07, 6.45) is 1.55. The number of halogens is 1. The molecule has 3 aromatic rings. The lowest BCUT2D eigenvalue weighted by molar-refractivity contribution is -0.133. The van der Waals surface area contributed by atoms with Crippen molar-refractivity contribution >= 4 is 23.2 Å². The number of hydrogen-bond acceptors (Lipinski definition) is 3. The summed E-state index contributed by atoms with van der Waals surface area (Å²) in [5.41, 5.74) is 3.76. The van der Waals surface area contributed by atoms with Crippen LogP contribution in [0.4, 0.5) is 15.8 Å². The second-order valence-electron chi connectivity index (χ2n) is 8.83. The van der Waals surface area contributed by atoms with Gasteiger partial charge in [0.15, 0.2) is 0 Å². The van der Waals surface area contributed by atoms with Gasteiger partial charge < -0.3 is 15.1 Å². The van der Waals surface area contributed by atoms with Gasteiger partial charge in [0.2, 0.25) is 5.91 Å². The Morgan fingerprint density at radius 2 is 1.69 bits per heavy atom. The highest BCUT2D eigenvalue weighted by atomic mass is 19.1. The molecule has 0 radical (unpaired) electrons. The monoisotopic (exact) mass is 475 g/mol. The topological polar surface area (TPSA) is 52.7 Å². The first kappa shape index (κ1) is 25.9. The minimum Gasteiger partial charge on any atom is -0.377 e. The molecule has 3 rings (SSSR count). The molecule has 0 saturated carbocycles. The molecule has 1 N–H and O–H groups in total. The first-order valence-corrected chi connectivity index (χ1v) is 12.0. The molecule has 184 valence electrons. The van der Waals surface area contributed by atoms with Gasteiger partial charge in [-0.25, -0.2) is 4.39 Å². The average molecular weight is 476 g/mol. The first-order valence-electron chi connectivity index (χ1n) is 12.0. The van der Waals surface area contributed by atoms with E-state index in [-0.39, 0.29) is 23.3 Å². The second-order valence-corrected chi connectivity index (χ2v) is 8.83. The van der Waals surface area contributed by atoms with Gasteiger partial charge in [0.25, 0.3) is 5.91 Å². The number of rotatable bonds is 10. The lowest BCUT2D eigenvalue weighted by atomic mass is 9.94. The van der Waals surface area contributed by atoms with Crippen molar-refractivity contribution in [1.82, 2.24) is 4.90 Å². The molecule has 0 saturated heterocycles. The van der Waals surface area contributed by atoms with Crippen molar-refractivity contribution in [3.63, 3.8) is 0 Å². The smallest absolute Gasteiger partial charge is 0.255 e. The minimum atomic E-state index is -0.459. The molecule has 5 nitrogen and oxygen atoms in total. The quantitative estimate of drug-likeness (QED) is 0.387. The van der Waals surface area contributed by atoms with Gasteiger partial charge in [0.1, 0.15) is 5.82 Å². The van der Waals surface area contributed by atoms with E-state index in [1.807, 2.05) is 79.3 Å². The van der Waals surface area contributed by atoms with Crippen LogP contribution in [0.5, 0.6) is 0 Å². The number of nitrogens with zero attached hydrogens (tertiary/aromatic N) is 2.